The minimum Gasteiger partial charge on any atom is -0.352 e. The fraction of sp³-hybridized carbons (Fsp3) is 0.278. The summed E-state index contributed by atoms with van der Waals surface area (Å²) in [7, 11) is 0. The van der Waals surface area contributed by atoms with Crippen molar-refractivity contribution in [1.29, 1.82) is 0 Å². The van der Waals surface area contributed by atoms with Crippen molar-refractivity contribution < 1.29 is 0 Å². The standard InChI is InChI=1S/C18H20ClN3.HI/c1-14-11-16(7-8-17(14)19)12-21-18-20-9-10-22(18)13-15-5-3-2-4-6-15;/h2-8,11H,9-10,12-13H2,1H3,(H,20,21);1H. The quantitative estimate of drug-likeness (QED) is 0.719. The molecule has 0 bridgehead atoms. The second-order valence-electron chi connectivity index (χ2n) is 5.55. The number of aliphatic imine (C=N–C) groups is 1. The molecule has 122 valence electrons. The number of rotatable bonds is 4. The van der Waals surface area contributed by atoms with E-state index in [1.807, 2.05) is 19.1 Å². The van der Waals surface area contributed by atoms with E-state index in [4.69, 9.17) is 11.6 Å². The topological polar surface area (TPSA) is 27.6 Å². The minimum absolute atomic E-state index is 0. The van der Waals surface area contributed by atoms with Crippen LogP contribution in [0.1, 0.15) is 16.7 Å². The van der Waals surface area contributed by atoms with Crippen LogP contribution in [-0.2, 0) is 13.1 Å². The Hall–Kier alpha value is -1.27. The zero-order valence-electron chi connectivity index (χ0n) is 13.1. The third-order valence-electron chi connectivity index (χ3n) is 3.82. The normalized spacial score (nSPS) is 13.5. The average molecular weight is 442 g/mol. The monoisotopic (exact) mass is 441 g/mol. The molecule has 3 rings (SSSR count). The Morgan fingerprint density at radius 1 is 1.13 bits per heavy atom. The van der Waals surface area contributed by atoms with Gasteiger partial charge in [-0.15, -0.1) is 24.0 Å². The fourth-order valence-electron chi connectivity index (χ4n) is 2.61. The van der Waals surface area contributed by atoms with E-state index in [2.05, 4.69) is 51.6 Å². The summed E-state index contributed by atoms with van der Waals surface area (Å²) in [6.07, 6.45) is 0. The van der Waals surface area contributed by atoms with Crippen molar-refractivity contribution in [3.05, 3.63) is 70.2 Å². The first-order valence-electron chi connectivity index (χ1n) is 7.54. The van der Waals surface area contributed by atoms with Crippen LogP contribution in [0.4, 0.5) is 0 Å². The Kier molecular flexibility index (Phi) is 6.72. The van der Waals surface area contributed by atoms with E-state index in [1.54, 1.807) is 0 Å². The summed E-state index contributed by atoms with van der Waals surface area (Å²) < 4.78 is 0. The van der Waals surface area contributed by atoms with Gasteiger partial charge in [-0.25, -0.2) is 0 Å². The second-order valence-corrected chi connectivity index (χ2v) is 5.96. The first kappa shape index (κ1) is 18.1. The molecule has 0 atom stereocenters. The van der Waals surface area contributed by atoms with Crippen molar-refractivity contribution in [2.45, 2.75) is 20.0 Å². The molecule has 1 heterocycles. The molecule has 0 radical (unpaired) electrons. The van der Waals surface area contributed by atoms with Crippen LogP contribution in [0.25, 0.3) is 0 Å². The van der Waals surface area contributed by atoms with E-state index in [9.17, 15) is 0 Å². The van der Waals surface area contributed by atoms with E-state index in [0.29, 0.717) is 0 Å². The van der Waals surface area contributed by atoms with E-state index in [0.717, 1.165) is 42.7 Å². The average Bonchev–Trinajstić information content (AvgIpc) is 2.97. The van der Waals surface area contributed by atoms with E-state index in [1.165, 1.54) is 11.1 Å². The Labute approximate surface area is 159 Å². The molecule has 2 aromatic rings. The lowest BCUT2D eigenvalue weighted by Gasteiger charge is -2.21. The summed E-state index contributed by atoms with van der Waals surface area (Å²) in [4.78, 5) is 6.86. The molecule has 23 heavy (non-hydrogen) atoms. The molecule has 0 unspecified atom stereocenters. The molecule has 0 spiro atoms. The summed E-state index contributed by atoms with van der Waals surface area (Å²) in [6, 6.07) is 16.6. The Morgan fingerprint density at radius 2 is 1.91 bits per heavy atom. The first-order chi connectivity index (χ1) is 10.7. The fourth-order valence-corrected chi connectivity index (χ4v) is 2.72. The maximum atomic E-state index is 6.07. The lowest BCUT2D eigenvalue weighted by Crippen LogP contribution is -2.37. The SMILES string of the molecule is Cc1cc(CNC2=NCCN2Cc2ccccc2)ccc1Cl.I. The van der Waals surface area contributed by atoms with Gasteiger partial charge in [-0.05, 0) is 29.7 Å². The molecule has 1 aliphatic rings. The van der Waals surface area contributed by atoms with Crippen LogP contribution in [0.5, 0.6) is 0 Å². The van der Waals surface area contributed by atoms with E-state index >= 15 is 0 Å². The van der Waals surface area contributed by atoms with E-state index in [-0.39, 0.29) is 24.0 Å². The molecular weight excluding hydrogens is 421 g/mol. The number of nitrogens with zero attached hydrogens (tertiary/aromatic N) is 2. The van der Waals surface area contributed by atoms with E-state index < -0.39 is 0 Å². The smallest absolute Gasteiger partial charge is 0.194 e. The van der Waals surface area contributed by atoms with Crippen LogP contribution in [-0.4, -0.2) is 23.9 Å². The van der Waals surface area contributed by atoms with Crippen molar-refractivity contribution in [3.63, 3.8) is 0 Å². The third-order valence-corrected chi connectivity index (χ3v) is 4.24. The van der Waals surface area contributed by atoms with Gasteiger partial charge < -0.3 is 10.2 Å². The van der Waals surface area contributed by atoms with Crippen LogP contribution >= 0.6 is 35.6 Å². The lowest BCUT2D eigenvalue weighted by atomic mass is 10.1. The van der Waals surface area contributed by atoms with Gasteiger partial charge in [-0.2, -0.15) is 0 Å². The number of halogens is 2. The zero-order chi connectivity index (χ0) is 15.4. The highest BCUT2D eigenvalue weighted by Crippen LogP contribution is 2.16. The number of hydrogen-bond donors (Lipinski definition) is 1. The zero-order valence-corrected chi connectivity index (χ0v) is 16.2. The molecule has 1 aliphatic heterocycles. The van der Waals surface area contributed by atoms with Crippen molar-refractivity contribution in [1.82, 2.24) is 10.2 Å². The maximum absolute atomic E-state index is 6.07. The van der Waals surface area contributed by atoms with Gasteiger partial charge in [0.1, 0.15) is 0 Å². The highest BCUT2D eigenvalue weighted by molar-refractivity contribution is 14.0. The van der Waals surface area contributed by atoms with Crippen LogP contribution in [0.3, 0.4) is 0 Å². The maximum Gasteiger partial charge on any atom is 0.194 e. The Bertz CT molecular complexity index is 673. The lowest BCUT2D eigenvalue weighted by molar-refractivity contribution is 0.436. The molecular formula is C18H21ClIN3. The van der Waals surface area contributed by atoms with Gasteiger partial charge in [-0.3, -0.25) is 4.99 Å². The van der Waals surface area contributed by atoms with Crippen molar-refractivity contribution in [3.8, 4) is 0 Å². The Morgan fingerprint density at radius 3 is 2.65 bits per heavy atom. The number of guanidine groups is 1. The molecule has 5 heteroatoms. The number of aryl methyl sites for hydroxylation is 1. The predicted octanol–water partition coefficient (Wildman–Crippen LogP) is 4.23. The van der Waals surface area contributed by atoms with Gasteiger partial charge in [0.25, 0.3) is 0 Å². The van der Waals surface area contributed by atoms with Crippen molar-refractivity contribution in [2.75, 3.05) is 13.1 Å². The molecule has 0 aliphatic carbocycles. The number of hydrogen-bond acceptors (Lipinski definition) is 3. The molecule has 0 aromatic heterocycles. The van der Waals surface area contributed by atoms with Gasteiger partial charge >= 0.3 is 0 Å². The van der Waals surface area contributed by atoms with Gasteiger partial charge in [0.05, 0.1) is 6.54 Å². The highest BCUT2D eigenvalue weighted by Gasteiger charge is 2.16. The van der Waals surface area contributed by atoms with Crippen LogP contribution in [0, 0.1) is 6.92 Å². The van der Waals surface area contributed by atoms with Gasteiger partial charge in [0.2, 0.25) is 0 Å². The third kappa shape index (κ3) is 4.85. The van der Waals surface area contributed by atoms with Crippen LogP contribution < -0.4 is 5.32 Å². The molecule has 0 amide bonds. The minimum atomic E-state index is 0. The largest absolute Gasteiger partial charge is 0.352 e. The Balaban J connectivity index is 0.00000192. The summed E-state index contributed by atoms with van der Waals surface area (Å²) in [5.41, 5.74) is 3.63. The van der Waals surface area contributed by atoms with Crippen LogP contribution in [0.2, 0.25) is 5.02 Å². The predicted molar refractivity (Wildman–Crippen MR) is 108 cm³/mol. The van der Waals surface area contributed by atoms with Crippen molar-refractivity contribution in [2.24, 2.45) is 4.99 Å². The molecule has 0 saturated heterocycles. The summed E-state index contributed by atoms with van der Waals surface area (Å²) in [6.45, 7) is 5.51. The molecule has 3 nitrogen and oxygen atoms in total. The number of benzene rings is 2. The first-order valence-corrected chi connectivity index (χ1v) is 7.92. The summed E-state index contributed by atoms with van der Waals surface area (Å²) in [5.74, 6) is 0.983. The molecule has 1 N–H and O–H groups in total. The summed E-state index contributed by atoms with van der Waals surface area (Å²) >= 11 is 6.07. The van der Waals surface area contributed by atoms with Crippen LogP contribution in [0.15, 0.2) is 53.5 Å². The highest BCUT2D eigenvalue weighted by atomic mass is 127. The number of nitrogens with one attached hydrogen (secondary N) is 1. The van der Waals surface area contributed by atoms with Gasteiger partial charge in [-0.1, -0.05) is 54.1 Å². The van der Waals surface area contributed by atoms with Crippen molar-refractivity contribution >= 4 is 41.5 Å². The molecule has 0 saturated carbocycles. The molecule has 0 fully saturated rings. The van der Waals surface area contributed by atoms with Gasteiger partial charge in [0.15, 0.2) is 5.96 Å². The summed E-state index contributed by atoms with van der Waals surface area (Å²) in [5, 5.41) is 4.26. The molecule has 2 aromatic carbocycles. The second kappa shape index (κ2) is 8.55. The van der Waals surface area contributed by atoms with Gasteiger partial charge in [0, 0.05) is 24.7 Å².